The lowest BCUT2D eigenvalue weighted by molar-refractivity contribution is -0.122. The topological polar surface area (TPSA) is 157 Å². The van der Waals surface area contributed by atoms with E-state index in [1.165, 1.54) is 46.5 Å². The van der Waals surface area contributed by atoms with Gasteiger partial charge in [0.1, 0.15) is 12.9 Å². The standard InChI is InChI=1S/C14H17N5O2S.C13H14N4O2S/c1-10(18-21-3)6-7-12(20)19(2)14-17-16-13(22-14)11-5-4-8-15-9-11;1-9(18)5-6-11(19)17(2)13-16-15-12(20-13)10-4-3-7-14-8-10/h4-5,8-9H,6-7H2,1-3H3;3-4,7-8H,5-6H2,1-2H3/b18-10+;. The average molecular weight is 610 g/mol. The molecule has 0 unspecified atom stereocenters. The summed E-state index contributed by atoms with van der Waals surface area (Å²) in [6.07, 6.45) is 8.12. The highest BCUT2D eigenvalue weighted by atomic mass is 32.1. The van der Waals surface area contributed by atoms with E-state index in [1.54, 1.807) is 38.9 Å². The van der Waals surface area contributed by atoms with Crippen LogP contribution in [0.5, 0.6) is 0 Å². The van der Waals surface area contributed by atoms with Crippen LogP contribution in [0.2, 0.25) is 0 Å². The molecule has 220 valence electrons. The molecular formula is C27H31N9O4S2. The molecule has 4 heterocycles. The van der Waals surface area contributed by atoms with Crippen molar-refractivity contribution in [2.75, 3.05) is 31.0 Å². The molecule has 0 bridgehead atoms. The molecule has 15 heteroatoms. The van der Waals surface area contributed by atoms with Crippen molar-refractivity contribution < 1.29 is 19.2 Å². The van der Waals surface area contributed by atoms with Gasteiger partial charge >= 0.3 is 0 Å². The summed E-state index contributed by atoms with van der Waals surface area (Å²) in [4.78, 5) is 50.6. The summed E-state index contributed by atoms with van der Waals surface area (Å²) in [5, 5.41) is 22.5. The molecule has 0 radical (unpaired) electrons. The fourth-order valence-electron chi connectivity index (χ4n) is 3.23. The first-order valence-electron chi connectivity index (χ1n) is 12.8. The Morgan fingerprint density at radius 3 is 1.64 bits per heavy atom. The van der Waals surface area contributed by atoms with Crippen molar-refractivity contribution in [2.45, 2.75) is 39.5 Å². The molecule has 0 aliphatic heterocycles. The lowest BCUT2D eigenvalue weighted by atomic mass is 10.2. The Balaban J connectivity index is 0.000000231. The summed E-state index contributed by atoms with van der Waals surface area (Å²) in [6.45, 7) is 3.29. The van der Waals surface area contributed by atoms with E-state index >= 15 is 0 Å². The van der Waals surface area contributed by atoms with Crippen molar-refractivity contribution in [1.82, 2.24) is 30.4 Å². The largest absolute Gasteiger partial charge is 0.399 e. The maximum absolute atomic E-state index is 12.2. The highest BCUT2D eigenvalue weighted by molar-refractivity contribution is 7.19. The molecule has 0 saturated carbocycles. The number of rotatable bonds is 11. The van der Waals surface area contributed by atoms with Gasteiger partial charge in [-0.3, -0.25) is 29.4 Å². The number of carbonyl (C=O) groups is 3. The van der Waals surface area contributed by atoms with Crippen LogP contribution in [0.25, 0.3) is 21.1 Å². The zero-order valence-corrected chi connectivity index (χ0v) is 25.6. The monoisotopic (exact) mass is 609 g/mol. The predicted molar refractivity (Wildman–Crippen MR) is 162 cm³/mol. The molecule has 42 heavy (non-hydrogen) atoms. The maximum atomic E-state index is 12.2. The molecule has 4 rings (SSSR count). The fourth-order valence-corrected chi connectivity index (χ4v) is 4.86. The number of amides is 2. The molecule has 0 aromatic carbocycles. The predicted octanol–water partition coefficient (Wildman–Crippen LogP) is 4.30. The number of ketones is 1. The van der Waals surface area contributed by atoms with Gasteiger partial charge in [0.2, 0.25) is 22.1 Å². The number of pyridine rings is 2. The summed E-state index contributed by atoms with van der Waals surface area (Å²) < 4.78 is 0. The van der Waals surface area contributed by atoms with Gasteiger partial charge in [0.15, 0.2) is 10.0 Å². The zero-order chi connectivity index (χ0) is 30.5. The number of Topliss-reactive ketones (excluding diaryl/α,β-unsaturated/α-hetero) is 1. The Labute approximate surface area is 251 Å². The van der Waals surface area contributed by atoms with Gasteiger partial charge in [-0.15, -0.1) is 20.4 Å². The molecule has 0 atom stereocenters. The number of hydrogen-bond donors (Lipinski definition) is 0. The highest BCUT2D eigenvalue weighted by Gasteiger charge is 2.18. The van der Waals surface area contributed by atoms with Gasteiger partial charge in [-0.2, -0.15) is 0 Å². The minimum atomic E-state index is -0.144. The Morgan fingerprint density at radius 2 is 1.24 bits per heavy atom. The first-order valence-corrected chi connectivity index (χ1v) is 14.4. The van der Waals surface area contributed by atoms with Crippen LogP contribution < -0.4 is 9.80 Å². The molecule has 4 aromatic rings. The Hall–Kier alpha value is -4.50. The second kappa shape index (κ2) is 16.1. The molecule has 13 nitrogen and oxygen atoms in total. The number of oxime groups is 1. The third-order valence-electron chi connectivity index (χ3n) is 5.61. The fraction of sp³-hybridized carbons (Fsp3) is 0.333. The summed E-state index contributed by atoms with van der Waals surface area (Å²) in [5.41, 5.74) is 2.52. The molecule has 0 aliphatic rings. The van der Waals surface area contributed by atoms with E-state index in [0.29, 0.717) is 28.1 Å². The van der Waals surface area contributed by atoms with Crippen LogP contribution in [0, 0.1) is 0 Å². The Morgan fingerprint density at radius 1 is 0.762 bits per heavy atom. The van der Waals surface area contributed by atoms with E-state index in [1.807, 2.05) is 31.2 Å². The Bertz CT molecular complexity index is 1490. The molecule has 2 amide bonds. The average Bonchev–Trinajstić information content (AvgIpc) is 3.70. The summed E-state index contributed by atoms with van der Waals surface area (Å²) in [7, 11) is 4.81. The Kier molecular flexibility index (Phi) is 12.3. The van der Waals surface area contributed by atoms with E-state index in [9.17, 15) is 14.4 Å². The van der Waals surface area contributed by atoms with Crippen molar-refractivity contribution in [3.05, 3.63) is 49.1 Å². The first-order chi connectivity index (χ1) is 20.2. The molecule has 0 saturated heterocycles. The number of hydrogen-bond acceptors (Lipinski definition) is 13. The first kappa shape index (κ1) is 32.0. The molecular weight excluding hydrogens is 578 g/mol. The third kappa shape index (κ3) is 9.55. The minimum absolute atomic E-state index is 0.0000581. The van der Waals surface area contributed by atoms with Gasteiger partial charge in [0.05, 0.1) is 5.71 Å². The quantitative estimate of drug-likeness (QED) is 0.177. The van der Waals surface area contributed by atoms with E-state index in [2.05, 4.69) is 40.4 Å². The lowest BCUT2D eigenvalue weighted by Crippen LogP contribution is -2.26. The van der Waals surface area contributed by atoms with Crippen molar-refractivity contribution >= 4 is 56.2 Å². The normalized spacial score (nSPS) is 10.8. The third-order valence-corrected chi connectivity index (χ3v) is 7.70. The number of carbonyl (C=O) groups excluding carboxylic acids is 3. The molecule has 0 spiro atoms. The van der Waals surface area contributed by atoms with E-state index < -0.39 is 0 Å². The van der Waals surface area contributed by atoms with Gasteiger partial charge in [0.25, 0.3) is 0 Å². The second-order valence-electron chi connectivity index (χ2n) is 8.88. The van der Waals surface area contributed by atoms with Gasteiger partial charge < -0.3 is 9.63 Å². The van der Waals surface area contributed by atoms with Gasteiger partial charge in [-0.05, 0) is 44.5 Å². The number of aromatic nitrogens is 6. The van der Waals surface area contributed by atoms with E-state index in [-0.39, 0.29) is 30.4 Å². The van der Waals surface area contributed by atoms with E-state index in [4.69, 9.17) is 0 Å². The van der Waals surface area contributed by atoms with Crippen LogP contribution in [0.15, 0.2) is 54.2 Å². The van der Waals surface area contributed by atoms with Gasteiger partial charge in [-0.1, -0.05) is 27.8 Å². The van der Waals surface area contributed by atoms with Gasteiger partial charge in [-0.25, -0.2) is 0 Å². The van der Waals surface area contributed by atoms with Crippen LogP contribution in [-0.4, -0.2) is 74.9 Å². The van der Waals surface area contributed by atoms with Crippen molar-refractivity contribution in [1.29, 1.82) is 0 Å². The van der Waals surface area contributed by atoms with Crippen LogP contribution in [0.3, 0.4) is 0 Å². The smallest absolute Gasteiger partial charge is 0.228 e. The number of anilines is 2. The maximum Gasteiger partial charge on any atom is 0.228 e. The van der Waals surface area contributed by atoms with Crippen molar-refractivity contribution in [3.8, 4) is 21.1 Å². The van der Waals surface area contributed by atoms with Crippen LogP contribution in [0.4, 0.5) is 10.3 Å². The van der Waals surface area contributed by atoms with Crippen LogP contribution in [0.1, 0.15) is 39.5 Å². The van der Waals surface area contributed by atoms with Crippen molar-refractivity contribution in [2.24, 2.45) is 5.16 Å². The molecule has 0 aliphatic carbocycles. The van der Waals surface area contributed by atoms with E-state index in [0.717, 1.165) is 21.8 Å². The number of nitrogens with zero attached hydrogens (tertiary/aromatic N) is 9. The molecule has 0 fully saturated rings. The summed E-state index contributed by atoms with van der Waals surface area (Å²) in [6, 6.07) is 7.44. The lowest BCUT2D eigenvalue weighted by Gasteiger charge is -2.12. The summed E-state index contributed by atoms with van der Waals surface area (Å²) in [5.74, 6) is -0.186. The van der Waals surface area contributed by atoms with Crippen LogP contribution in [-0.2, 0) is 19.2 Å². The minimum Gasteiger partial charge on any atom is -0.399 e. The highest BCUT2D eigenvalue weighted by Crippen LogP contribution is 2.29. The second-order valence-corrected chi connectivity index (χ2v) is 10.8. The zero-order valence-electron chi connectivity index (χ0n) is 23.9. The van der Waals surface area contributed by atoms with Crippen molar-refractivity contribution in [3.63, 3.8) is 0 Å². The SMILES string of the molecule is CC(=O)CCC(=O)N(C)c1nnc(-c2cccnc2)s1.CO/N=C(\C)CCC(=O)N(C)c1nnc(-c2cccnc2)s1. The summed E-state index contributed by atoms with van der Waals surface area (Å²) >= 11 is 2.67. The van der Waals surface area contributed by atoms with Gasteiger partial charge in [0, 0.05) is 69.3 Å². The van der Waals surface area contributed by atoms with Crippen LogP contribution >= 0.6 is 22.7 Å². The molecule has 0 N–H and O–H groups in total. The molecule has 4 aromatic heterocycles.